The average Bonchev–Trinajstić information content (AvgIpc) is 2.59. The van der Waals surface area contributed by atoms with Crippen LogP contribution in [-0.4, -0.2) is 25.3 Å². The lowest BCUT2D eigenvalue weighted by molar-refractivity contribution is 0.0146. The first-order valence-corrected chi connectivity index (χ1v) is 6.62. The van der Waals surface area contributed by atoms with E-state index in [-0.39, 0.29) is 0 Å². The van der Waals surface area contributed by atoms with Gasteiger partial charge in [-0.2, -0.15) is 0 Å². The number of hydrogen-bond acceptors (Lipinski definition) is 2. The number of rotatable bonds is 3. The summed E-state index contributed by atoms with van der Waals surface area (Å²) in [5.74, 6) is 1.74. The third-order valence-corrected chi connectivity index (χ3v) is 4.35. The molecule has 4 atom stereocenters. The molecule has 2 aliphatic rings. The zero-order valence-corrected chi connectivity index (χ0v) is 10.2. The van der Waals surface area contributed by atoms with Crippen LogP contribution < -0.4 is 5.32 Å². The van der Waals surface area contributed by atoms with E-state index in [0.29, 0.717) is 6.10 Å². The first-order chi connectivity index (χ1) is 7.27. The third kappa shape index (κ3) is 2.94. The first kappa shape index (κ1) is 11.4. The van der Waals surface area contributed by atoms with E-state index in [2.05, 4.69) is 19.2 Å². The minimum absolute atomic E-state index is 0.488. The van der Waals surface area contributed by atoms with Crippen molar-refractivity contribution >= 4 is 0 Å². The molecule has 0 amide bonds. The van der Waals surface area contributed by atoms with Crippen LogP contribution in [0.25, 0.3) is 0 Å². The van der Waals surface area contributed by atoms with Crippen molar-refractivity contribution in [3.8, 4) is 0 Å². The van der Waals surface area contributed by atoms with Gasteiger partial charge in [0.05, 0.1) is 6.10 Å². The molecule has 1 aliphatic heterocycles. The van der Waals surface area contributed by atoms with Crippen molar-refractivity contribution in [2.45, 2.75) is 58.1 Å². The normalized spacial score (nSPS) is 42.0. The highest BCUT2D eigenvalue weighted by Gasteiger charge is 2.29. The predicted molar refractivity (Wildman–Crippen MR) is 62.9 cm³/mol. The molecule has 0 aromatic heterocycles. The van der Waals surface area contributed by atoms with E-state index in [1.807, 2.05) is 0 Å². The Hall–Kier alpha value is -0.0800. The zero-order chi connectivity index (χ0) is 10.7. The number of hydrogen-bond donors (Lipinski definition) is 1. The molecule has 0 aromatic rings. The Balaban J connectivity index is 1.68. The van der Waals surface area contributed by atoms with Crippen LogP contribution in [0.4, 0.5) is 0 Å². The lowest BCUT2D eigenvalue weighted by Gasteiger charge is -2.26. The summed E-state index contributed by atoms with van der Waals surface area (Å²) >= 11 is 0. The number of nitrogens with one attached hydrogen (secondary N) is 1. The van der Waals surface area contributed by atoms with Gasteiger partial charge >= 0.3 is 0 Å². The van der Waals surface area contributed by atoms with Crippen molar-refractivity contribution in [1.29, 1.82) is 0 Å². The summed E-state index contributed by atoms with van der Waals surface area (Å²) in [4.78, 5) is 0. The second-order valence-electron chi connectivity index (χ2n) is 5.42. The van der Waals surface area contributed by atoms with Crippen LogP contribution in [0.15, 0.2) is 0 Å². The molecule has 2 rings (SSSR count). The molecule has 1 saturated carbocycles. The Morgan fingerprint density at radius 3 is 2.60 bits per heavy atom. The molecule has 0 aromatic carbocycles. The van der Waals surface area contributed by atoms with Crippen LogP contribution in [0.5, 0.6) is 0 Å². The van der Waals surface area contributed by atoms with E-state index < -0.39 is 0 Å². The van der Waals surface area contributed by atoms with Crippen molar-refractivity contribution in [1.82, 2.24) is 5.32 Å². The largest absolute Gasteiger partial charge is 0.377 e. The molecule has 2 heteroatoms. The van der Waals surface area contributed by atoms with E-state index in [1.54, 1.807) is 0 Å². The van der Waals surface area contributed by atoms with E-state index in [0.717, 1.165) is 31.0 Å². The SMILES string of the molecule is CC1CCC(NCC2CCCCO2)C1C. The second kappa shape index (κ2) is 5.31. The molecule has 88 valence electrons. The quantitative estimate of drug-likeness (QED) is 0.774. The van der Waals surface area contributed by atoms with Crippen LogP contribution in [0.3, 0.4) is 0 Å². The van der Waals surface area contributed by atoms with Gasteiger partial charge in [0.1, 0.15) is 0 Å². The van der Waals surface area contributed by atoms with Gasteiger partial charge in [-0.3, -0.25) is 0 Å². The summed E-state index contributed by atoms with van der Waals surface area (Å²) in [6.07, 6.45) is 7.10. The van der Waals surface area contributed by atoms with Gasteiger partial charge in [0.2, 0.25) is 0 Å². The molecule has 1 aliphatic carbocycles. The molecule has 0 bridgehead atoms. The summed E-state index contributed by atoms with van der Waals surface area (Å²) in [6, 6.07) is 0.741. The maximum absolute atomic E-state index is 5.74. The monoisotopic (exact) mass is 211 g/mol. The molecule has 2 fully saturated rings. The van der Waals surface area contributed by atoms with Gasteiger partial charge in [-0.1, -0.05) is 13.8 Å². The summed E-state index contributed by atoms with van der Waals surface area (Å²) in [6.45, 7) is 6.81. The summed E-state index contributed by atoms with van der Waals surface area (Å²) < 4.78 is 5.74. The second-order valence-corrected chi connectivity index (χ2v) is 5.42. The van der Waals surface area contributed by atoms with Crippen LogP contribution in [0, 0.1) is 11.8 Å². The Labute approximate surface area is 93.8 Å². The lowest BCUT2D eigenvalue weighted by atomic mass is 9.97. The topological polar surface area (TPSA) is 21.3 Å². The molecule has 1 saturated heterocycles. The standard InChI is InChI=1S/C13H25NO/c1-10-6-7-13(11(10)2)14-9-12-5-3-4-8-15-12/h10-14H,3-9H2,1-2H3. The van der Waals surface area contributed by atoms with Gasteiger partial charge in [0.25, 0.3) is 0 Å². The van der Waals surface area contributed by atoms with Crippen molar-refractivity contribution in [2.75, 3.05) is 13.2 Å². The fourth-order valence-electron chi connectivity index (χ4n) is 2.90. The van der Waals surface area contributed by atoms with Gasteiger partial charge in [-0.05, 0) is 43.9 Å². The van der Waals surface area contributed by atoms with Gasteiger partial charge in [-0.15, -0.1) is 0 Å². The molecular formula is C13H25NO. The van der Waals surface area contributed by atoms with E-state index in [1.165, 1.54) is 32.1 Å². The highest BCUT2D eigenvalue weighted by molar-refractivity contribution is 4.85. The third-order valence-electron chi connectivity index (χ3n) is 4.35. The molecule has 0 radical (unpaired) electrons. The molecule has 2 nitrogen and oxygen atoms in total. The highest BCUT2D eigenvalue weighted by atomic mass is 16.5. The average molecular weight is 211 g/mol. The Morgan fingerprint density at radius 1 is 1.13 bits per heavy atom. The van der Waals surface area contributed by atoms with E-state index in [9.17, 15) is 0 Å². The molecular weight excluding hydrogens is 186 g/mol. The summed E-state index contributed by atoms with van der Waals surface area (Å²) in [5.41, 5.74) is 0. The van der Waals surface area contributed by atoms with Crippen molar-refractivity contribution < 1.29 is 4.74 Å². The van der Waals surface area contributed by atoms with Crippen LogP contribution in [-0.2, 0) is 4.74 Å². The van der Waals surface area contributed by atoms with E-state index >= 15 is 0 Å². The molecule has 0 spiro atoms. The van der Waals surface area contributed by atoms with Gasteiger partial charge in [0, 0.05) is 19.2 Å². The van der Waals surface area contributed by atoms with Gasteiger partial charge < -0.3 is 10.1 Å². The van der Waals surface area contributed by atoms with Gasteiger partial charge in [-0.25, -0.2) is 0 Å². The van der Waals surface area contributed by atoms with Crippen LogP contribution in [0.2, 0.25) is 0 Å². The molecule has 4 unspecified atom stereocenters. The summed E-state index contributed by atoms with van der Waals surface area (Å²) in [5, 5.41) is 3.71. The predicted octanol–water partition coefficient (Wildman–Crippen LogP) is 2.58. The van der Waals surface area contributed by atoms with Crippen LogP contribution in [0.1, 0.15) is 46.0 Å². The zero-order valence-electron chi connectivity index (χ0n) is 10.2. The molecule has 15 heavy (non-hydrogen) atoms. The van der Waals surface area contributed by atoms with Crippen molar-refractivity contribution in [2.24, 2.45) is 11.8 Å². The first-order valence-electron chi connectivity index (χ1n) is 6.62. The maximum Gasteiger partial charge on any atom is 0.0699 e. The molecule has 1 N–H and O–H groups in total. The van der Waals surface area contributed by atoms with Gasteiger partial charge in [0.15, 0.2) is 0 Å². The fraction of sp³-hybridized carbons (Fsp3) is 1.00. The summed E-state index contributed by atoms with van der Waals surface area (Å²) in [7, 11) is 0. The highest BCUT2D eigenvalue weighted by Crippen LogP contribution is 2.31. The maximum atomic E-state index is 5.74. The Morgan fingerprint density at radius 2 is 2.00 bits per heavy atom. The fourth-order valence-corrected chi connectivity index (χ4v) is 2.90. The van der Waals surface area contributed by atoms with Crippen LogP contribution >= 0.6 is 0 Å². The van der Waals surface area contributed by atoms with Crippen molar-refractivity contribution in [3.05, 3.63) is 0 Å². The lowest BCUT2D eigenvalue weighted by Crippen LogP contribution is -2.39. The van der Waals surface area contributed by atoms with Crippen molar-refractivity contribution in [3.63, 3.8) is 0 Å². The Kier molecular flexibility index (Phi) is 4.04. The minimum atomic E-state index is 0.488. The minimum Gasteiger partial charge on any atom is -0.377 e. The Bertz CT molecular complexity index is 189. The molecule has 1 heterocycles. The van der Waals surface area contributed by atoms with E-state index in [4.69, 9.17) is 4.74 Å². The number of ether oxygens (including phenoxy) is 1. The smallest absolute Gasteiger partial charge is 0.0699 e.